The van der Waals surface area contributed by atoms with Crippen LogP contribution in [0.15, 0.2) is 18.3 Å². The Balaban J connectivity index is 2.00. The number of thiazole rings is 1. The smallest absolute Gasteiger partial charge is 0.315 e. The number of fused-ring (bicyclic) bond motifs is 1. The van der Waals surface area contributed by atoms with Crippen molar-refractivity contribution in [1.82, 2.24) is 9.97 Å². The lowest BCUT2D eigenvalue weighted by Crippen LogP contribution is -2.21. The van der Waals surface area contributed by atoms with Crippen molar-refractivity contribution >= 4 is 27.7 Å². The van der Waals surface area contributed by atoms with E-state index in [0.717, 1.165) is 28.2 Å². The molecule has 2 aromatic heterocycles. The van der Waals surface area contributed by atoms with Gasteiger partial charge in [-0.05, 0) is 30.9 Å². The van der Waals surface area contributed by atoms with E-state index in [1.165, 1.54) is 31.3 Å². The van der Waals surface area contributed by atoms with Gasteiger partial charge in [-0.2, -0.15) is 0 Å². The Kier molecular flexibility index (Phi) is 3.46. The molecule has 3 rings (SSSR count). The standard InChI is InChI=1S/C14H16N2O2S/c1-18-14(17)11(9-5-2-3-6-9)13-16-10-7-4-8-15-12(10)19-13/h4,7-9,11H,2-3,5-6H2,1H3. The summed E-state index contributed by atoms with van der Waals surface area (Å²) in [4.78, 5) is 21.9. The molecule has 0 saturated heterocycles. The van der Waals surface area contributed by atoms with Crippen LogP contribution in [0.3, 0.4) is 0 Å². The Morgan fingerprint density at radius 3 is 2.95 bits per heavy atom. The number of hydrogen-bond acceptors (Lipinski definition) is 5. The zero-order valence-electron chi connectivity index (χ0n) is 10.8. The number of nitrogens with zero attached hydrogens (tertiary/aromatic N) is 2. The highest BCUT2D eigenvalue weighted by Crippen LogP contribution is 2.40. The van der Waals surface area contributed by atoms with Crippen LogP contribution >= 0.6 is 11.3 Å². The van der Waals surface area contributed by atoms with Gasteiger partial charge in [-0.25, -0.2) is 9.97 Å². The highest BCUT2D eigenvalue weighted by Gasteiger charge is 2.35. The fourth-order valence-corrected chi connectivity index (χ4v) is 3.92. The summed E-state index contributed by atoms with van der Waals surface area (Å²) in [5.74, 6) is -0.00864. The summed E-state index contributed by atoms with van der Waals surface area (Å²) in [6.45, 7) is 0. The van der Waals surface area contributed by atoms with E-state index >= 15 is 0 Å². The number of carbonyl (C=O) groups is 1. The van der Waals surface area contributed by atoms with Crippen molar-refractivity contribution < 1.29 is 9.53 Å². The maximum absolute atomic E-state index is 12.1. The molecule has 0 radical (unpaired) electrons. The van der Waals surface area contributed by atoms with E-state index in [1.807, 2.05) is 12.1 Å². The van der Waals surface area contributed by atoms with Gasteiger partial charge in [0.2, 0.25) is 0 Å². The van der Waals surface area contributed by atoms with Crippen molar-refractivity contribution in [2.24, 2.45) is 5.92 Å². The van der Waals surface area contributed by atoms with E-state index in [2.05, 4.69) is 9.97 Å². The molecule has 0 N–H and O–H groups in total. The predicted molar refractivity (Wildman–Crippen MR) is 74.1 cm³/mol. The van der Waals surface area contributed by atoms with Gasteiger partial charge in [-0.3, -0.25) is 4.79 Å². The maximum Gasteiger partial charge on any atom is 0.315 e. The van der Waals surface area contributed by atoms with Crippen LogP contribution < -0.4 is 0 Å². The van der Waals surface area contributed by atoms with Crippen molar-refractivity contribution in [2.45, 2.75) is 31.6 Å². The number of methoxy groups -OCH3 is 1. The second kappa shape index (κ2) is 5.25. The molecular weight excluding hydrogens is 260 g/mol. The van der Waals surface area contributed by atoms with Gasteiger partial charge < -0.3 is 4.74 Å². The fraction of sp³-hybridized carbons (Fsp3) is 0.500. The van der Waals surface area contributed by atoms with Crippen LogP contribution in [-0.4, -0.2) is 23.0 Å². The molecule has 5 heteroatoms. The predicted octanol–water partition coefficient (Wildman–Crippen LogP) is 3.14. The maximum atomic E-state index is 12.1. The molecule has 100 valence electrons. The topological polar surface area (TPSA) is 52.1 Å². The molecular formula is C14H16N2O2S. The summed E-state index contributed by atoms with van der Waals surface area (Å²) in [6, 6.07) is 3.81. The molecule has 2 aromatic rings. The van der Waals surface area contributed by atoms with E-state index in [-0.39, 0.29) is 11.9 Å². The molecule has 1 fully saturated rings. The molecule has 0 spiro atoms. The van der Waals surface area contributed by atoms with Crippen molar-refractivity contribution in [2.75, 3.05) is 7.11 Å². The Hall–Kier alpha value is -1.49. The molecule has 0 aliphatic heterocycles. The number of rotatable bonds is 3. The third-order valence-electron chi connectivity index (χ3n) is 3.78. The Morgan fingerprint density at radius 1 is 1.47 bits per heavy atom. The first-order valence-electron chi connectivity index (χ1n) is 6.59. The van der Waals surface area contributed by atoms with E-state index in [1.54, 1.807) is 6.20 Å². The molecule has 19 heavy (non-hydrogen) atoms. The van der Waals surface area contributed by atoms with Crippen LogP contribution in [0, 0.1) is 5.92 Å². The molecule has 1 aliphatic rings. The molecule has 0 amide bonds. The van der Waals surface area contributed by atoms with E-state index in [0.29, 0.717) is 5.92 Å². The van der Waals surface area contributed by atoms with Crippen LogP contribution in [0.5, 0.6) is 0 Å². The van der Waals surface area contributed by atoms with Crippen LogP contribution in [0.4, 0.5) is 0 Å². The summed E-state index contributed by atoms with van der Waals surface area (Å²) in [6.07, 6.45) is 6.32. The lowest BCUT2D eigenvalue weighted by molar-refractivity contribution is -0.143. The first kappa shape index (κ1) is 12.5. The third-order valence-corrected chi connectivity index (χ3v) is 4.84. The highest BCUT2D eigenvalue weighted by molar-refractivity contribution is 7.18. The fourth-order valence-electron chi connectivity index (χ4n) is 2.83. The minimum atomic E-state index is -0.216. The van der Waals surface area contributed by atoms with Crippen LogP contribution in [-0.2, 0) is 9.53 Å². The highest BCUT2D eigenvalue weighted by atomic mass is 32.1. The lowest BCUT2D eigenvalue weighted by atomic mass is 9.91. The van der Waals surface area contributed by atoms with Gasteiger partial charge >= 0.3 is 5.97 Å². The molecule has 1 atom stereocenters. The summed E-state index contributed by atoms with van der Waals surface area (Å²) in [5.41, 5.74) is 0.870. The number of aromatic nitrogens is 2. The van der Waals surface area contributed by atoms with E-state index < -0.39 is 0 Å². The summed E-state index contributed by atoms with van der Waals surface area (Å²) in [7, 11) is 1.45. The van der Waals surface area contributed by atoms with Gasteiger partial charge in [0, 0.05) is 6.20 Å². The quantitative estimate of drug-likeness (QED) is 0.808. The van der Waals surface area contributed by atoms with Gasteiger partial charge in [0.15, 0.2) is 0 Å². The molecule has 1 unspecified atom stereocenters. The minimum Gasteiger partial charge on any atom is -0.468 e. The molecule has 0 bridgehead atoms. The van der Waals surface area contributed by atoms with E-state index in [4.69, 9.17) is 4.74 Å². The zero-order valence-corrected chi connectivity index (χ0v) is 11.7. The first-order valence-corrected chi connectivity index (χ1v) is 7.40. The van der Waals surface area contributed by atoms with Crippen LogP contribution in [0.1, 0.15) is 36.6 Å². The largest absolute Gasteiger partial charge is 0.468 e. The molecule has 4 nitrogen and oxygen atoms in total. The molecule has 2 heterocycles. The van der Waals surface area contributed by atoms with Gasteiger partial charge in [0.1, 0.15) is 21.3 Å². The van der Waals surface area contributed by atoms with Crippen LogP contribution in [0.2, 0.25) is 0 Å². The average Bonchev–Trinajstić information content (AvgIpc) is 3.07. The molecule has 1 aliphatic carbocycles. The number of ether oxygens (including phenoxy) is 1. The molecule has 0 aromatic carbocycles. The second-order valence-electron chi connectivity index (χ2n) is 4.93. The second-order valence-corrected chi connectivity index (χ2v) is 5.93. The van der Waals surface area contributed by atoms with Crippen molar-refractivity contribution in [3.05, 3.63) is 23.3 Å². The summed E-state index contributed by atoms with van der Waals surface area (Å²) < 4.78 is 4.98. The zero-order chi connectivity index (χ0) is 13.2. The van der Waals surface area contributed by atoms with Crippen molar-refractivity contribution in [1.29, 1.82) is 0 Å². The number of esters is 1. The Labute approximate surface area is 115 Å². The van der Waals surface area contributed by atoms with Gasteiger partial charge in [-0.1, -0.05) is 24.2 Å². The third kappa shape index (κ3) is 2.34. The number of pyridine rings is 1. The summed E-state index contributed by atoms with van der Waals surface area (Å²) >= 11 is 1.51. The Morgan fingerprint density at radius 2 is 2.26 bits per heavy atom. The first-order chi connectivity index (χ1) is 9.29. The summed E-state index contributed by atoms with van der Waals surface area (Å²) in [5, 5.41) is 0.854. The van der Waals surface area contributed by atoms with Gasteiger partial charge in [0.05, 0.1) is 7.11 Å². The number of carbonyl (C=O) groups excluding carboxylic acids is 1. The van der Waals surface area contributed by atoms with E-state index in [9.17, 15) is 4.79 Å². The normalized spacial score (nSPS) is 17.7. The van der Waals surface area contributed by atoms with Crippen molar-refractivity contribution in [3.8, 4) is 0 Å². The van der Waals surface area contributed by atoms with Gasteiger partial charge in [-0.15, -0.1) is 0 Å². The lowest BCUT2D eigenvalue weighted by Gasteiger charge is -2.18. The van der Waals surface area contributed by atoms with Crippen molar-refractivity contribution in [3.63, 3.8) is 0 Å². The number of hydrogen-bond donors (Lipinski definition) is 0. The molecule has 1 saturated carbocycles. The minimum absolute atomic E-state index is 0.161. The monoisotopic (exact) mass is 276 g/mol. The van der Waals surface area contributed by atoms with Crippen LogP contribution in [0.25, 0.3) is 10.3 Å². The SMILES string of the molecule is COC(=O)C(c1nc2cccnc2s1)C1CCCC1. The Bertz CT molecular complexity index is 557. The average molecular weight is 276 g/mol. The van der Waals surface area contributed by atoms with Gasteiger partial charge in [0.25, 0.3) is 0 Å².